The highest BCUT2D eigenvalue weighted by molar-refractivity contribution is 7.90. The summed E-state index contributed by atoms with van der Waals surface area (Å²) < 4.78 is 30.5. The van der Waals surface area contributed by atoms with E-state index in [1.165, 1.54) is 6.20 Å². The lowest BCUT2D eigenvalue weighted by Crippen LogP contribution is -2.17. The monoisotopic (exact) mass is 306 g/mol. The molecule has 3 heterocycles. The smallest absolute Gasteiger partial charge is 0.248 e. The molecule has 2 aromatic rings. The van der Waals surface area contributed by atoms with E-state index in [-0.39, 0.29) is 17.1 Å². The molecule has 7 nitrogen and oxygen atoms in total. The van der Waals surface area contributed by atoms with Gasteiger partial charge in [-0.05, 0) is 6.07 Å². The molecule has 0 bridgehead atoms. The highest BCUT2D eigenvalue weighted by atomic mass is 32.2. The van der Waals surface area contributed by atoms with Gasteiger partial charge in [0, 0.05) is 23.8 Å². The van der Waals surface area contributed by atoms with Crippen LogP contribution in [0.1, 0.15) is 18.7 Å². The predicted molar refractivity (Wildman–Crippen MR) is 74.4 cm³/mol. The molecule has 0 aliphatic carbocycles. The van der Waals surface area contributed by atoms with Gasteiger partial charge >= 0.3 is 0 Å². The highest BCUT2D eigenvalue weighted by Gasteiger charge is 2.30. The Hall–Kier alpha value is -1.98. The predicted octanol–water partition coefficient (Wildman–Crippen LogP) is 0.914. The van der Waals surface area contributed by atoms with Crippen LogP contribution in [0.25, 0.3) is 11.0 Å². The number of hydrogen-bond donors (Lipinski definition) is 0. The van der Waals surface area contributed by atoms with Gasteiger partial charge in [-0.1, -0.05) is 6.92 Å². The molecule has 0 aromatic carbocycles. The van der Waals surface area contributed by atoms with Gasteiger partial charge in [0.1, 0.15) is 17.4 Å². The van der Waals surface area contributed by atoms with E-state index in [1.54, 1.807) is 10.6 Å². The van der Waals surface area contributed by atoms with Crippen molar-refractivity contribution in [1.29, 1.82) is 5.26 Å². The summed E-state index contributed by atoms with van der Waals surface area (Å²) in [5.41, 5.74) is 0.900. The first-order valence-corrected chi connectivity index (χ1v) is 8.37. The molecular formula is C13H14N4O3S. The summed E-state index contributed by atoms with van der Waals surface area (Å²) in [6, 6.07) is 3.78. The van der Waals surface area contributed by atoms with Gasteiger partial charge in [0.05, 0.1) is 19.3 Å². The molecule has 110 valence electrons. The molecule has 3 rings (SSSR count). The van der Waals surface area contributed by atoms with Gasteiger partial charge in [-0.15, -0.1) is 0 Å². The lowest BCUT2D eigenvalue weighted by atomic mass is 10.1. The quantitative estimate of drug-likeness (QED) is 0.765. The molecule has 1 aliphatic heterocycles. The van der Waals surface area contributed by atoms with Gasteiger partial charge in [-0.25, -0.2) is 13.4 Å². The summed E-state index contributed by atoms with van der Waals surface area (Å²) in [4.78, 5) is 8.01. The van der Waals surface area contributed by atoms with Crippen LogP contribution in [0.3, 0.4) is 0 Å². The van der Waals surface area contributed by atoms with E-state index >= 15 is 0 Å². The minimum atomic E-state index is -3.50. The summed E-state index contributed by atoms with van der Waals surface area (Å²) in [5, 5.41) is 9.74. The molecule has 0 radical (unpaired) electrons. The van der Waals surface area contributed by atoms with Gasteiger partial charge < -0.3 is 9.30 Å². The third-order valence-corrected chi connectivity index (χ3v) is 4.52. The summed E-state index contributed by atoms with van der Waals surface area (Å²) in [6.07, 6.45) is 2.50. The van der Waals surface area contributed by atoms with E-state index in [4.69, 9.17) is 4.74 Å². The van der Waals surface area contributed by atoms with Crippen LogP contribution in [0.4, 0.5) is 0 Å². The normalized spacial score (nSPS) is 22.5. The van der Waals surface area contributed by atoms with Crippen molar-refractivity contribution in [2.45, 2.75) is 18.1 Å². The first-order valence-electron chi connectivity index (χ1n) is 6.47. The Morgan fingerprint density at radius 3 is 2.81 bits per heavy atom. The zero-order valence-corrected chi connectivity index (χ0v) is 12.5. The molecule has 1 saturated heterocycles. The lowest BCUT2D eigenvalue weighted by Gasteiger charge is -2.17. The zero-order chi connectivity index (χ0) is 15.2. The Labute approximate surface area is 122 Å². The van der Waals surface area contributed by atoms with Crippen LogP contribution >= 0.6 is 0 Å². The fraction of sp³-hybridized carbons (Fsp3) is 0.462. The Balaban J connectivity index is 2.28. The van der Waals surface area contributed by atoms with Gasteiger partial charge in [-0.3, -0.25) is 0 Å². The maximum Gasteiger partial charge on any atom is 0.248 e. The van der Waals surface area contributed by atoms with Gasteiger partial charge in [0.15, 0.2) is 0 Å². The number of fused-ring (bicyclic) bond motifs is 1. The van der Waals surface area contributed by atoms with Crippen molar-refractivity contribution in [3.63, 3.8) is 0 Å². The van der Waals surface area contributed by atoms with Gasteiger partial charge in [0.2, 0.25) is 15.0 Å². The zero-order valence-electron chi connectivity index (χ0n) is 11.6. The third kappa shape index (κ3) is 2.28. The van der Waals surface area contributed by atoms with Crippen LogP contribution in [0.15, 0.2) is 17.4 Å². The molecule has 1 aliphatic rings. The summed E-state index contributed by atoms with van der Waals surface area (Å²) in [7, 11) is -3.50. The van der Waals surface area contributed by atoms with Crippen LogP contribution in [0.2, 0.25) is 0 Å². The van der Waals surface area contributed by atoms with Crippen molar-refractivity contribution in [3.05, 3.63) is 18.0 Å². The molecule has 0 N–H and O–H groups in total. The average molecular weight is 306 g/mol. The maximum absolute atomic E-state index is 11.6. The minimum absolute atomic E-state index is 0.0283. The van der Waals surface area contributed by atoms with Crippen LogP contribution in [-0.4, -0.2) is 42.4 Å². The maximum atomic E-state index is 11.6. The molecule has 0 spiro atoms. The van der Waals surface area contributed by atoms with Crippen molar-refractivity contribution in [2.75, 3.05) is 19.5 Å². The molecule has 0 unspecified atom stereocenters. The summed E-state index contributed by atoms with van der Waals surface area (Å²) in [6.45, 7) is 3.13. The van der Waals surface area contributed by atoms with E-state index in [0.29, 0.717) is 29.9 Å². The molecule has 21 heavy (non-hydrogen) atoms. The third-order valence-electron chi connectivity index (χ3n) is 3.66. The second-order valence-corrected chi connectivity index (χ2v) is 7.21. The van der Waals surface area contributed by atoms with Crippen LogP contribution in [-0.2, 0) is 14.6 Å². The van der Waals surface area contributed by atoms with Crippen LogP contribution in [0.5, 0.6) is 0 Å². The second kappa shape index (κ2) is 4.79. The Kier molecular flexibility index (Phi) is 3.19. The lowest BCUT2D eigenvalue weighted by molar-refractivity contribution is 0.182. The first-order chi connectivity index (χ1) is 9.91. The Bertz CT molecular complexity index is 850. The van der Waals surface area contributed by atoms with E-state index in [9.17, 15) is 13.7 Å². The molecule has 2 atom stereocenters. The fourth-order valence-electron chi connectivity index (χ4n) is 2.57. The number of nitrogens with zero attached hydrogens (tertiary/aromatic N) is 4. The number of nitriles is 1. The molecule has 0 saturated carbocycles. The van der Waals surface area contributed by atoms with E-state index in [2.05, 4.69) is 16.0 Å². The SMILES string of the molecule is C[C@@H]1COC[C@@H]1n1c(C#N)cc2cnc(S(C)(=O)=O)nc21. The number of ether oxygens (including phenoxy) is 1. The Morgan fingerprint density at radius 1 is 1.48 bits per heavy atom. The van der Waals surface area contributed by atoms with Crippen molar-refractivity contribution in [2.24, 2.45) is 5.92 Å². The van der Waals surface area contributed by atoms with Crippen molar-refractivity contribution in [3.8, 4) is 6.07 Å². The number of hydrogen-bond acceptors (Lipinski definition) is 6. The van der Waals surface area contributed by atoms with Crippen LogP contribution in [0, 0.1) is 17.2 Å². The van der Waals surface area contributed by atoms with Crippen molar-refractivity contribution >= 4 is 20.9 Å². The van der Waals surface area contributed by atoms with Gasteiger partial charge in [-0.2, -0.15) is 10.2 Å². The number of sulfone groups is 1. The summed E-state index contributed by atoms with van der Waals surface area (Å²) in [5.74, 6) is 0.226. The molecule has 2 aromatic heterocycles. The van der Waals surface area contributed by atoms with E-state index < -0.39 is 9.84 Å². The highest BCUT2D eigenvalue weighted by Crippen LogP contribution is 2.31. The van der Waals surface area contributed by atoms with E-state index in [0.717, 1.165) is 6.26 Å². The van der Waals surface area contributed by atoms with Crippen molar-refractivity contribution in [1.82, 2.24) is 14.5 Å². The van der Waals surface area contributed by atoms with Crippen molar-refractivity contribution < 1.29 is 13.2 Å². The molecular weight excluding hydrogens is 292 g/mol. The molecule has 1 fully saturated rings. The number of rotatable bonds is 2. The number of aromatic nitrogens is 3. The summed E-state index contributed by atoms with van der Waals surface area (Å²) >= 11 is 0. The van der Waals surface area contributed by atoms with Gasteiger partial charge in [0.25, 0.3) is 0 Å². The second-order valence-electron chi connectivity index (χ2n) is 5.30. The minimum Gasteiger partial charge on any atom is -0.379 e. The molecule has 0 amide bonds. The first kappa shape index (κ1) is 14.0. The van der Waals surface area contributed by atoms with E-state index in [1.807, 2.05) is 6.92 Å². The Morgan fingerprint density at radius 2 is 2.24 bits per heavy atom. The fourth-order valence-corrected chi connectivity index (χ4v) is 3.07. The topological polar surface area (TPSA) is 97.9 Å². The largest absolute Gasteiger partial charge is 0.379 e. The standard InChI is InChI=1S/C13H14N4O3S/c1-8-6-20-7-11(8)17-10(4-14)3-9-5-15-13(16-12(9)17)21(2,18)19/h3,5,8,11H,6-7H2,1-2H3/t8-,11+/m1/s1. The van der Waals surface area contributed by atoms with Crippen LogP contribution < -0.4 is 0 Å². The average Bonchev–Trinajstić information content (AvgIpc) is 2.99. The molecule has 8 heteroatoms.